The maximum absolute atomic E-state index is 12.6. The van der Waals surface area contributed by atoms with E-state index in [4.69, 9.17) is 10.5 Å². The molecule has 3 amide bonds. The molecule has 7 heteroatoms. The van der Waals surface area contributed by atoms with Crippen molar-refractivity contribution in [2.75, 3.05) is 0 Å². The number of hydrogen-bond acceptors (Lipinski definition) is 4. The van der Waals surface area contributed by atoms with Gasteiger partial charge in [-0.2, -0.15) is 0 Å². The topological polar surface area (TPSA) is 111 Å². The van der Waals surface area contributed by atoms with Crippen LogP contribution in [-0.2, 0) is 20.9 Å². The number of nitrogens with one attached hydrogen (secondary N) is 2. The summed E-state index contributed by atoms with van der Waals surface area (Å²) in [4.78, 5) is 36.4. The van der Waals surface area contributed by atoms with E-state index < -0.39 is 30.0 Å². The number of benzene rings is 1. The monoisotopic (exact) mass is 389 g/mol. The molecule has 0 saturated carbocycles. The summed E-state index contributed by atoms with van der Waals surface area (Å²) >= 11 is 0. The summed E-state index contributed by atoms with van der Waals surface area (Å²) in [6.07, 6.45) is 3.28. The normalized spacial score (nSPS) is 12.7. The van der Waals surface area contributed by atoms with E-state index in [1.807, 2.05) is 44.2 Å². The summed E-state index contributed by atoms with van der Waals surface area (Å²) in [6, 6.07) is 7.65. The van der Waals surface area contributed by atoms with E-state index in [0.29, 0.717) is 19.3 Å². The number of amides is 3. The Kier molecular flexibility index (Phi) is 10.4. The molecule has 0 heterocycles. The lowest BCUT2D eigenvalue weighted by atomic mass is 10.0. The molecule has 1 aromatic rings. The van der Waals surface area contributed by atoms with Crippen LogP contribution >= 0.6 is 0 Å². The molecule has 1 rings (SSSR count). The summed E-state index contributed by atoms with van der Waals surface area (Å²) in [5.41, 5.74) is 6.24. The molecular formula is C21H31N3O4. The van der Waals surface area contributed by atoms with Crippen LogP contribution in [0.25, 0.3) is 0 Å². The van der Waals surface area contributed by atoms with Gasteiger partial charge in [-0.15, -0.1) is 6.58 Å². The van der Waals surface area contributed by atoms with E-state index in [1.54, 1.807) is 6.08 Å². The minimum absolute atomic E-state index is 0.105. The summed E-state index contributed by atoms with van der Waals surface area (Å²) in [6.45, 7) is 7.61. The van der Waals surface area contributed by atoms with Crippen molar-refractivity contribution >= 4 is 17.9 Å². The van der Waals surface area contributed by atoms with Gasteiger partial charge in [0.05, 0.1) is 0 Å². The van der Waals surface area contributed by atoms with Gasteiger partial charge in [0.25, 0.3) is 0 Å². The highest BCUT2D eigenvalue weighted by Gasteiger charge is 2.26. The molecule has 0 aromatic heterocycles. The van der Waals surface area contributed by atoms with Gasteiger partial charge in [-0.1, -0.05) is 50.3 Å². The molecule has 0 aliphatic carbocycles. The molecule has 7 nitrogen and oxygen atoms in total. The van der Waals surface area contributed by atoms with Crippen LogP contribution < -0.4 is 16.4 Å². The van der Waals surface area contributed by atoms with Crippen LogP contribution in [0.15, 0.2) is 43.0 Å². The number of carbonyl (C=O) groups is 3. The van der Waals surface area contributed by atoms with Crippen molar-refractivity contribution in [3.05, 3.63) is 48.6 Å². The second-order valence-electron chi connectivity index (χ2n) is 7.07. The van der Waals surface area contributed by atoms with E-state index in [0.717, 1.165) is 12.0 Å². The molecule has 0 bridgehead atoms. The first kappa shape index (κ1) is 23.2. The number of hydrogen-bond donors (Lipinski definition) is 3. The number of ether oxygens (including phenoxy) is 1. The van der Waals surface area contributed by atoms with Gasteiger partial charge in [0.2, 0.25) is 11.8 Å². The first-order valence-corrected chi connectivity index (χ1v) is 9.51. The van der Waals surface area contributed by atoms with Crippen molar-refractivity contribution in [1.82, 2.24) is 10.6 Å². The van der Waals surface area contributed by atoms with Gasteiger partial charge < -0.3 is 21.1 Å². The molecule has 0 spiro atoms. The molecule has 0 fully saturated rings. The lowest BCUT2D eigenvalue weighted by molar-refractivity contribution is -0.129. The van der Waals surface area contributed by atoms with Crippen LogP contribution in [0.5, 0.6) is 0 Å². The van der Waals surface area contributed by atoms with Crippen molar-refractivity contribution in [2.45, 2.75) is 58.2 Å². The van der Waals surface area contributed by atoms with Gasteiger partial charge in [-0.05, 0) is 37.2 Å². The van der Waals surface area contributed by atoms with Crippen LogP contribution in [-0.4, -0.2) is 30.0 Å². The van der Waals surface area contributed by atoms with Crippen LogP contribution in [0.1, 0.15) is 45.1 Å². The lowest BCUT2D eigenvalue weighted by Crippen LogP contribution is -2.53. The second-order valence-corrected chi connectivity index (χ2v) is 7.07. The highest BCUT2D eigenvalue weighted by molar-refractivity contribution is 5.90. The molecule has 1 aromatic carbocycles. The number of rotatable bonds is 12. The van der Waals surface area contributed by atoms with Gasteiger partial charge in [-0.25, -0.2) is 4.79 Å². The number of allylic oxidation sites excluding steroid dienone is 1. The smallest absolute Gasteiger partial charge is 0.408 e. The lowest BCUT2D eigenvalue weighted by Gasteiger charge is -2.23. The van der Waals surface area contributed by atoms with Crippen LogP contribution in [0, 0.1) is 5.92 Å². The third-order valence-corrected chi connectivity index (χ3v) is 4.09. The van der Waals surface area contributed by atoms with E-state index >= 15 is 0 Å². The fourth-order valence-corrected chi connectivity index (χ4v) is 2.63. The van der Waals surface area contributed by atoms with Crippen LogP contribution in [0.4, 0.5) is 4.79 Å². The average molecular weight is 389 g/mol. The second kappa shape index (κ2) is 12.5. The first-order chi connectivity index (χ1) is 13.3. The maximum atomic E-state index is 12.6. The summed E-state index contributed by atoms with van der Waals surface area (Å²) in [5.74, 6) is -0.905. The van der Waals surface area contributed by atoms with E-state index in [2.05, 4.69) is 17.2 Å². The van der Waals surface area contributed by atoms with Gasteiger partial charge >= 0.3 is 6.09 Å². The Balaban J connectivity index is 2.65. The van der Waals surface area contributed by atoms with Crippen molar-refractivity contribution in [3.63, 3.8) is 0 Å². The molecule has 154 valence electrons. The molecular weight excluding hydrogens is 358 g/mol. The largest absolute Gasteiger partial charge is 0.445 e. The van der Waals surface area contributed by atoms with Crippen LogP contribution in [0.3, 0.4) is 0 Å². The zero-order valence-corrected chi connectivity index (χ0v) is 16.6. The highest BCUT2D eigenvalue weighted by atomic mass is 16.5. The Labute approximate surface area is 166 Å². The van der Waals surface area contributed by atoms with E-state index in [1.165, 1.54) is 0 Å². The Hall–Kier alpha value is -2.83. The Morgan fingerprint density at radius 3 is 2.39 bits per heavy atom. The minimum Gasteiger partial charge on any atom is -0.445 e. The summed E-state index contributed by atoms with van der Waals surface area (Å²) in [5, 5.41) is 5.23. The highest BCUT2D eigenvalue weighted by Crippen LogP contribution is 2.08. The van der Waals surface area contributed by atoms with Crippen molar-refractivity contribution in [3.8, 4) is 0 Å². The van der Waals surface area contributed by atoms with Crippen LogP contribution in [0.2, 0.25) is 0 Å². The third-order valence-electron chi connectivity index (χ3n) is 4.09. The molecule has 2 atom stereocenters. The average Bonchev–Trinajstić information content (AvgIpc) is 2.65. The molecule has 28 heavy (non-hydrogen) atoms. The quantitative estimate of drug-likeness (QED) is 0.377. The summed E-state index contributed by atoms with van der Waals surface area (Å²) in [7, 11) is 0. The number of primary amides is 1. The van der Waals surface area contributed by atoms with E-state index in [-0.39, 0.29) is 12.5 Å². The zero-order valence-electron chi connectivity index (χ0n) is 16.6. The first-order valence-electron chi connectivity index (χ1n) is 9.51. The fraction of sp³-hybridized carbons (Fsp3) is 0.476. The Morgan fingerprint density at radius 1 is 1.14 bits per heavy atom. The molecule has 0 aliphatic rings. The summed E-state index contributed by atoms with van der Waals surface area (Å²) < 4.78 is 5.19. The van der Waals surface area contributed by atoms with Gasteiger partial charge in [0.1, 0.15) is 18.7 Å². The van der Waals surface area contributed by atoms with Crippen molar-refractivity contribution in [2.24, 2.45) is 11.7 Å². The number of unbranched alkanes of at least 4 members (excludes halogenated alkanes) is 1. The predicted molar refractivity (Wildman–Crippen MR) is 108 cm³/mol. The Bertz CT molecular complexity index is 646. The number of alkyl carbamates (subject to hydrolysis) is 1. The van der Waals surface area contributed by atoms with Crippen molar-refractivity contribution < 1.29 is 19.1 Å². The van der Waals surface area contributed by atoms with Gasteiger partial charge in [0, 0.05) is 0 Å². The van der Waals surface area contributed by atoms with Gasteiger partial charge in [-0.3, -0.25) is 9.59 Å². The van der Waals surface area contributed by atoms with E-state index in [9.17, 15) is 14.4 Å². The van der Waals surface area contributed by atoms with Gasteiger partial charge in [0.15, 0.2) is 0 Å². The predicted octanol–water partition coefficient (Wildman–Crippen LogP) is 2.65. The molecule has 4 N–H and O–H groups in total. The standard InChI is InChI=1S/C21H31N3O4/c1-4-5-7-12-17(19(22)25)23-20(26)18(13-15(2)3)24-21(27)28-14-16-10-8-6-9-11-16/h4,6,8-11,15,17-18H,1,5,7,12-14H2,2-3H3,(H2,22,25)(H,23,26)(H,24,27)/t17-,18+/m1/s1. The fourth-order valence-electron chi connectivity index (χ4n) is 2.63. The number of carbonyl (C=O) groups excluding carboxylic acids is 3. The SMILES string of the molecule is C=CCCC[C@@H](NC(=O)[C@H](CC(C)C)NC(=O)OCc1ccccc1)C(N)=O. The number of nitrogens with two attached hydrogens (primary N) is 1. The molecule has 0 aliphatic heterocycles. The third kappa shape index (κ3) is 9.21. The maximum Gasteiger partial charge on any atom is 0.408 e. The van der Waals surface area contributed by atoms with Crippen molar-refractivity contribution in [1.29, 1.82) is 0 Å². The zero-order chi connectivity index (χ0) is 20.9. The molecule has 0 saturated heterocycles. The molecule has 0 unspecified atom stereocenters. The molecule has 0 radical (unpaired) electrons. The minimum atomic E-state index is -0.815. The Morgan fingerprint density at radius 2 is 1.82 bits per heavy atom.